The van der Waals surface area contributed by atoms with Crippen molar-refractivity contribution in [3.8, 4) is 19.5 Å². The zero-order chi connectivity index (χ0) is 24.2. The van der Waals surface area contributed by atoms with E-state index in [-0.39, 0.29) is 10.8 Å². The molecule has 0 saturated heterocycles. The molecule has 0 aliphatic heterocycles. The van der Waals surface area contributed by atoms with Crippen molar-refractivity contribution < 1.29 is 0 Å². The minimum absolute atomic E-state index is 0.212. The van der Waals surface area contributed by atoms with E-state index in [0.717, 1.165) is 0 Å². The minimum Gasteiger partial charge on any atom is -0.139 e. The van der Waals surface area contributed by atoms with E-state index < -0.39 is 0 Å². The summed E-state index contributed by atoms with van der Waals surface area (Å²) in [5.41, 5.74) is 3.38. The third-order valence-electron chi connectivity index (χ3n) is 6.31. The van der Waals surface area contributed by atoms with Gasteiger partial charge < -0.3 is 0 Å². The summed E-state index contributed by atoms with van der Waals surface area (Å²) >= 11 is 12.0. The fourth-order valence-electron chi connectivity index (χ4n) is 4.55. The number of thiophene rings is 6. The Kier molecular flexibility index (Phi) is 5.32. The third-order valence-corrected chi connectivity index (χ3v) is 15.6. The van der Waals surface area contributed by atoms with Crippen molar-refractivity contribution in [1.82, 2.24) is 0 Å². The highest BCUT2D eigenvalue weighted by Gasteiger charge is 2.26. The Hall–Kier alpha value is -1.02. The van der Waals surface area contributed by atoms with Crippen LogP contribution in [0, 0.1) is 13.8 Å². The topological polar surface area (TPSA) is 0 Å². The van der Waals surface area contributed by atoms with Crippen molar-refractivity contribution in [2.75, 3.05) is 0 Å². The summed E-state index contributed by atoms with van der Waals surface area (Å²) in [6.45, 7) is 18.6. The van der Waals surface area contributed by atoms with E-state index in [1.165, 1.54) is 63.7 Å². The molecular weight excluding hydrogens is 529 g/mol. The molecule has 0 atom stereocenters. The van der Waals surface area contributed by atoms with E-state index >= 15 is 0 Å². The predicted octanol–water partition coefficient (Wildman–Crippen LogP) is 12.1. The lowest BCUT2D eigenvalue weighted by Crippen LogP contribution is -2.09. The Morgan fingerprint density at radius 3 is 1.62 bits per heavy atom. The molecule has 0 unspecified atom stereocenters. The molecule has 6 aromatic heterocycles. The van der Waals surface area contributed by atoms with Gasteiger partial charge in [-0.1, -0.05) is 41.5 Å². The SMILES string of the molecule is Cc1c(-c2ccc(-c3ccc(C(C)(C)C)s3)s2)sc2c1sc1c3sc(C(C)(C)C)c(C)c3sc21. The van der Waals surface area contributed by atoms with Crippen LogP contribution in [0.15, 0.2) is 24.3 Å². The van der Waals surface area contributed by atoms with Gasteiger partial charge >= 0.3 is 0 Å². The van der Waals surface area contributed by atoms with Crippen LogP contribution in [0.1, 0.15) is 62.4 Å². The molecule has 6 heteroatoms. The summed E-state index contributed by atoms with van der Waals surface area (Å²) in [5, 5.41) is 0. The standard InChI is InChI=1S/C28H28S6/c1-13-19(17-10-9-15(29-17)16-11-12-18(30-16)27(3,4)5)31-22-20(13)32-25-23-21(33-24(22)25)14(2)26(34-23)28(6,7)8/h9-12H,1-8H3. The van der Waals surface area contributed by atoms with E-state index in [0.29, 0.717) is 0 Å². The molecule has 176 valence electrons. The zero-order valence-corrected chi connectivity index (χ0v) is 25.7. The highest BCUT2D eigenvalue weighted by atomic mass is 32.1. The zero-order valence-electron chi connectivity index (χ0n) is 20.8. The highest BCUT2D eigenvalue weighted by Crippen LogP contribution is 2.55. The second kappa shape index (κ2) is 7.74. The van der Waals surface area contributed by atoms with Crippen LogP contribution in [0.25, 0.3) is 47.7 Å². The van der Waals surface area contributed by atoms with Crippen molar-refractivity contribution in [3.63, 3.8) is 0 Å². The van der Waals surface area contributed by atoms with Crippen LogP contribution >= 0.6 is 68.0 Å². The van der Waals surface area contributed by atoms with Crippen LogP contribution in [0.4, 0.5) is 0 Å². The first-order valence-electron chi connectivity index (χ1n) is 11.5. The lowest BCUT2D eigenvalue weighted by atomic mass is 9.92. The van der Waals surface area contributed by atoms with Crippen LogP contribution in [0.2, 0.25) is 0 Å². The smallest absolute Gasteiger partial charge is 0.0651 e. The summed E-state index contributed by atoms with van der Waals surface area (Å²) < 4.78 is 9.04. The molecule has 34 heavy (non-hydrogen) atoms. The summed E-state index contributed by atoms with van der Waals surface area (Å²) in [4.78, 5) is 8.64. The number of rotatable bonds is 2. The maximum atomic E-state index is 2.34. The van der Waals surface area contributed by atoms with Gasteiger partial charge in [-0.15, -0.1) is 68.0 Å². The number of fused-ring (bicyclic) bond motifs is 5. The molecule has 0 nitrogen and oxygen atoms in total. The Morgan fingerprint density at radius 1 is 0.471 bits per heavy atom. The van der Waals surface area contributed by atoms with Crippen molar-refractivity contribution in [2.45, 2.75) is 66.2 Å². The molecule has 0 bridgehead atoms. The molecule has 0 aromatic carbocycles. The fraction of sp³-hybridized carbons (Fsp3) is 0.357. The fourth-order valence-corrected chi connectivity index (χ4v) is 13.0. The van der Waals surface area contributed by atoms with E-state index in [9.17, 15) is 0 Å². The molecule has 0 N–H and O–H groups in total. The number of hydrogen-bond donors (Lipinski definition) is 0. The molecular formula is C28H28S6. The maximum Gasteiger partial charge on any atom is 0.0651 e. The molecule has 0 saturated carbocycles. The Labute approximate surface area is 225 Å². The van der Waals surface area contributed by atoms with Crippen LogP contribution in [0.5, 0.6) is 0 Å². The van der Waals surface area contributed by atoms with Crippen molar-refractivity contribution in [2.24, 2.45) is 0 Å². The molecule has 0 aliphatic rings. The van der Waals surface area contributed by atoms with E-state index in [1.807, 2.05) is 68.0 Å². The average molecular weight is 557 g/mol. The molecule has 6 aromatic rings. The monoisotopic (exact) mass is 556 g/mol. The largest absolute Gasteiger partial charge is 0.139 e. The summed E-state index contributed by atoms with van der Waals surface area (Å²) in [5.74, 6) is 0. The second-order valence-electron chi connectivity index (χ2n) is 11.1. The molecule has 6 heterocycles. The number of hydrogen-bond acceptors (Lipinski definition) is 6. The van der Waals surface area contributed by atoms with Gasteiger partial charge in [0.25, 0.3) is 0 Å². The van der Waals surface area contributed by atoms with Gasteiger partial charge in [-0.25, -0.2) is 0 Å². The highest BCUT2D eigenvalue weighted by molar-refractivity contribution is 7.45. The van der Waals surface area contributed by atoms with E-state index in [4.69, 9.17) is 0 Å². The Bertz CT molecular complexity index is 1690. The van der Waals surface area contributed by atoms with Crippen molar-refractivity contribution in [1.29, 1.82) is 0 Å². The van der Waals surface area contributed by atoms with Gasteiger partial charge in [0, 0.05) is 29.3 Å². The first kappa shape index (κ1) is 23.4. The maximum absolute atomic E-state index is 2.34. The summed E-state index contributed by atoms with van der Waals surface area (Å²) in [7, 11) is 0. The molecule has 0 amide bonds. The Balaban J connectivity index is 1.44. The van der Waals surface area contributed by atoms with Gasteiger partial charge in [0.2, 0.25) is 0 Å². The summed E-state index contributed by atoms with van der Waals surface area (Å²) in [6.07, 6.45) is 0. The normalized spacial score (nSPS) is 13.3. The van der Waals surface area contributed by atoms with E-state index in [1.54, 1.807) is 4.88 Å². The first-order chi connectivity index (χ1) is 15.9. The lowest BCUT2D eigenvalue weighted by molar-refractivity contribution is 0.601. The molecule has 0 radical (unpaired) electrons. The molecule has 0 fully saturated rings. The van der Waals surface area contributed by atoms with Crippen LogP contribution in [-0.4, -0.2) is 0 Å². The molecule has 6 rings (SSSR count). The van der Waals surface area contributed by atoms with Gasteiger partial charge in [0.15, 0.2) is 0 Å². The van der Waals surface area contributed by atoms with Crippen molar-refractivity contribution in [3.05, 3.63) is 45.1 Å². The average Bonchev–Trinajstić information content (AvgIpc) is 3.52. The van der Waals surface area contributed by atoms with E-state index in [2.05, 4.69) is 79.7 Å². The lowest BCUT2D eigenvalue weighted by Gasteiger charge is -2.17. The third kappa shape index (κ3) is 3.52. The summed E-state index contributed by atoms with van der Waals surface area (Å²) in [6, 6.07) is 9.26. The van der Waals surface area contributed by atoms with Gasteiger partial charge in [-0.05, 0) is 60.1 Å². The van der Waals surface area contributed by atoms with Gasteiger partial charge in [0.1, 0.15) is 0 Å². The second-order valence-corrected chi connectivity index (χ2v) is 17.4. The van der Waals surface area contributed by atoms with Crippen LogP contribution < -0.4 is 0 Å². The van der Waals surface area contributed by atoms with Crippen LogP contribution in [0.3, 0.4) is 0 Å². The molecule has 0 spiro atoms. The van der Waals surface area contributed by atoms with Gasteiger partial charge in [-0.3, -0.25) is 0 Å². The van der Waals surface area contributed by atoms with Crippen LogP contribution in [-0.2, 0) is 10.8 Å². The van der Waals surface area contributed by atoms with Crippen molar-refractivity contribution >= 4 is 96.2 Å². The predicted molar refractivity (Wildman–Crippen MR) is 164 cm³/mol. The quantitative estimate of drug-likeness (QED) is 0.199. The van der Waals surface area contributed by atoms with Gasteiger partial charge in [0.05, 0.1) is 28.2 Å². The minimum atomic E-state index is 0.212. The van der Waals surface area contributed by atoms with Gasteiger partial charge in [-0.2, -0.15) is 0 Å². The first-order valence-corrected chi connectivity index (χ1v) is 16.4. The number of aryl methyl sites for hydroxylation is 2. The molecule has 0 aliphatic carbocycles. The Morgan fingerprint density at radius 2 is 1.00 bits per heavy atom.